The number of anilines is 1. The zero-order valence-corrected chi connectivity index (χ0v) is 21.3. The lowest BCUT2D eigenvalue weighted by Gasteiger charge is -2.25. The summed E-state index contributed by atoms with van der Waals surface area (Å²) < 4.78 is 22.0. The SMILES string of the molecule is COc1ccc(-c2cnc(N3Cc4c([nH]c5ccccc5c4=O)[C@@H]3c3ccc4c(c3)OCO4)nc2)cc1OC. The average Bonchev–Trinajstić information content (AvgIpc) is 3.61. The minimum Gasteiger partial charge on any atom is -0.493 e. The van der Waals surface area contributed by atoms with E-state index in [1.165, 1.54) is 0 Å². The van der Waals surface area contributed by atoms with E-state index < -0.39 is 0 Å². The molecule has 0 aliphatic carbocycles. The summed E-state index contributed by atoms with van der Waals surface area (Å²) in [4.78, 5) is 28.6. The van der Waals surface area contributed by atoms with Gasteiger partial charge in [0.1, 0.15) is 0 Å². The van der Waals surface area contributed by atoms with Crippen LogP contribution in [0, 0.1) is 0 Å². The van der Waals surface area contributed by atoms with Crippen molar-refractivity contribution < 1.29 is 18.9 Å². The second-order valence-electron chi connectivity index (χ2n) is 9.38. The van der Waals surface area contributed by atoms with Gasteiger partial charge in [-0.25, -0.2) is 9.97 Å². The van der Waals surface area contributed by atoms with Gasteiger partial charge in [0, 0.05) is 34.4 Å². The lowest BCUT2D eigenvalue weighted by atomic mass is 10.0. The first-order valence-corrected chi connectivity index (χ1v) is 12.5. The number of benzene rings is 3. The number of aromatic nitrogens is 3. The highest BCUT2D eigenvalue weighted by molar-refractivity contribution is 5.80. The van der Waals surface area contributed by atoms with Crippen LogP contribution in [-0.2, 0) is 6.54 Å². The number of para-hydroxylation sites is 1. The number of nitrogens with zero attached hydrogens (tertiary/aromatic N) is 3. The molecule has 7 rings (SSSR count). The quantitative estimate of drug-likeness (QED) is 0.352. The second kappa shape index (κ2) is 9.05. The topological polar surface area (TPSA) is 98.8 Å². The Hall–Kier alpha value is -5.05. The molecule has 0 unspecified atom stereocenters. The van der Waals surface area contributed by atoms with Gasteiger partial charge in [-0.2, -0.15) is 0 Å². The summed E-state index contributed by atoms with van der Waals surface area (Å²) in [6.07, 6.45) is 3.56. The van der Waals surface area contributed by atoms with Crippen molar-refractivity contribution >= 4 is 16.9 Å². The Balaban J connectivity index is 1.32. The summed E-state index contributed by atoms with van der Waals surface area (Å²) in [7, 11) is 3.21. The molecule has 9 heteroatoms. The molecule has 5 aromatic rings. The van der Waals surface area contributed by atoms with Gasteiger partial charge in [-0.3, -0.25) is 4.79 Å². The summed E-state index contributed by atoms with van der Waals surface area (Å²) in [5.41, 5.74) is 4.99. The molecule has 0 saturated heterocycles. The molecule has 1 N–H and O–H groups in total. The molecule has 2 aliphatic rings. The molecular formula is C30H24N4O5. The number of ether oxygens (including phenoxy) is 4. The fourth-order valence-corrected chi connectivity index (χ4v) is 5.35. The lowest BCUT2D eigenvalue weighted by Crippen LogP contribution is -2.25. The zero-order chi connectivity index (χ0) is 26.5. The Morgan fingerprint density at radius 2 is 1.69 bits per heavy atom. The fraction of sp³-hybridized carbons (Fsp3) is 0.167. The van der Waals surface area contributed by atoms with Crippen molar-refractivity contribution in [2.24, 2.45) is 0 Å². The molecule has 0 radical (unpaired) electrons. The Morgan fingerprint density at radius 3 is 2.51 bits per heavy atom. The van der Waals surface area contributed by atoms with Crippen LogP contribution in [0.1, 0.15) is 22.9 Å². The Morgan fingerprint density at radius 1 is 0.897 bits per heavy atom. The summed E-state index contributed by atoms with van der Waals surface area (Å²) in [5.74, 6) is 3.16. The minimum atomic E-state index is -0.321. The van der Waals surface area contributed by atoms with Crippen LogP contribution in [0.4, 0.5) is 5.95 Å². The second-order valence-corrected chi connectivity index (χ2v) is 9.38. The Bertz CT molecular complexity index is 1780. The molecule has 194 valence electrons. The predicted octanol–water partition coefficient (Wildman–Crippen LogP) is 4.84. The molecule has 0 spiro atoms. The van der Waals surface area contributed by atoms with Gasteiger partial charge in [0.25, 0.3) is 0 Å². The van der Waals surface area contributed by atoms with Gasteiger partial charge in [0.05, 0.1) is 32.5 Å². The van der Waals surface area contributed by atoms with Crippen LogP contribution in [0.2, 0.25) is 0 Å². The van der Waals surface area contributed by atoms with E-state index in [1.807, 2.05) is 65.6 Å². The van der Waals surface area contributed by atoms with Gasteiger partial charge in [-0.05, 0) is 47.5 Å². The van der Waals surface area contributed by atoms with E-state index in [9.17, 15) is 4.79 Å². The average molecular weight is 521 g/mol. The first-order chi connectivity index (χ1) is 19.1. The highest BCUT2D eigenvalue weighted by Gasteiger charge is 2.37. The van der Waals surface area contributed by atoms with E-state index in [0.717, 1.165) is 27.9 Å². The molecule has 39 heavy (non-hydrogen) atoms. The van der Waals surface area contributed by atoms with Crippen LogP contribution in [0.5, 0.6) is 23.0 Å². The number of aromatic amines is 1. The van der Waals surface area contributed by atoms with Crippen molar-refractivity contribution in [3.8, 4) is 34.1 Å². The van der Waals surface area contributed by atoms with Gasteiger partial charge in [-0.15, -0.1) is 0 Å². The van der Waals surface area contributed by atoms with Crippen LogP contribution in [0.3, 0.4) is 0 Å². The number of methoxy groups -OCH3 is 2. The fourth-order valence-electron chi connectivity index (χ4n) is 5.35. The summed E-state index contributed by atoms with van der Waals surface area (Å²) >= 11 is 0. The smallest absolute Gasteiger partial charge is 0.231 e. The number of nitrogens with one attached hydrogen (secondary N) is 1. The van der Waals surface area contributed by atoms with Gasteiger partial charge >= 0.3 is 0 Å². The van der Waals surface area contributed by atoms with Crippen LogP contribution < -0.4 is 29.3 Å². The van der Waals surface area contributed by atoms with Crippen LogP contribution in [0.15, 0.2) is 77.9 Å². The lowest BCUT2D eigenvalue weighted by molar-refractivity contribution is 0.174. The maximum absolute atomic E-state index is 13.6. The zero-order valence-electron chi connectivity index (χ0n) is 21.3. The molecule has 2 aromatic heterocycles. The van der Waals surface area contributed by atoms with Crippen LogP contribution >= 0.6 is 0 Å². The molecule has 0 amide bonds. The molecule has 4 heterocycles. The van der Waals surface area contributed by atoms with E-state index in [1.54, 1.807) is 26.6 Å². The highest BCUT2D eigenvalue weighted by Crippen LogP contribution is 2.43. The highest BCUT2D eigenvalue weighted by atomic mass is 16.7. The van der Waals surface area contributed by atoms with Crippen LogP contribution in [-0.4, -0.2) is 36.0 Å². The normalized spacial score (nSPS) is 15.4. The summed E-state index contributed by atoms with van der Waals surface area (Å²) in [6.45, 7) is 0.552. The number of rotatable bonds is 5. The van der Waals surface area contributed by atoms with E-state index in [4.69, 9.17) is 28.9 Å². The Labute approximate surface area is 223 Å². The van der Waals surface area contributed by atoms with Gasteiger partial charge in [-0.1, -0.05) is 24.3 Å². The summed E-state index contributed by atoms with van der Waals surface area (Å²) in [6, 6.07) is 18.8. The van der Waals surface area contributed by atoms with Gasteiger partial charge in [0.15, 0.2) is 28.4 Å². The number of H-pyrrole nitrogens is 1. The summed E-state index contributed by atoms with van der Waals surface area (Å²) in [5, 5.41) is 0.659. The number of hydrogen-bond acceptors (Lipinski definition) is 8. The molecule has 1 atom stereocenters. The first kappa shape index (κ1) is 23.1. The third-order valence-corrected chi connectivity index (χ3v) is 7.28. The molecule has 2 aliphatic heterocycles. The number of fused-ring (bicyclic) bond motifs is 3. The van der Waals surface area contributed by atoms with Crippen molar-refractivity contribution in [3.63, 3.8) is 0 Å². The first-order valence-electron chi connectivity index (χ1n) is 12.5. The van der Waals surface area contributed by atoms with Crippen molar-refractivity contribution in [1.29, 1.82) is 0 Å². The van der Waals surface area contributed by atoms with Crippen LogP contribution in [0.25, 0.3) is 22.0 Å². The predicted molar refractivity (Wildman–Crippen MR) is 146 cm³/mol. The Kier molecular flexibility index (Phi) is 5.36. The number of pyridine rings is 1. The maximum atomic E-state index is 13.6. The largest absolute Gasteiger partial charge is 0.493 e. The molecular weight excluding hydrogens is 496 g/mol. The van der Waals surface area contributed by atoms with Crippen molar-refractivity contribution in [2.45, 2.75) is 12.6 Å². The van der Waals surface area contributed by atoms with Crippen molar-refractivity contribution in [2.75, 3.05) is 25.9 Å². The minimum absolute atomic E-state index is 0.00883. The number of hydrogen-bond donors (Lipinski definition) is 1. The van der Waals surface area contributed by atoms with E-state index >= 15 is 0 Å². The molecule has 0 fully saturated rings. The molecule has 0 bridgehead atoms. The van der Waals surface area contributed by atoms with Gasteiger partial charge in [0.2, 0.25) is 12.7 Å². The molecule has 3 aromatic carbocycles. The van der Waals surface area contributed by atoms with Crippen molar-refractivity contribution in [3.05, 3.63) is 100 Å². The van der Waals surface area contributed by atoms with E-state index in [0.29, 0.717) is 46.4 Å². The third kappa shape index (κ3) is 3.73. The molecule has 0 saturated carbocycles. The van der Waals surface area contributed by atoms with E-state index in [-0.39, 0.29) is 18.3 Å². The van der Waals surface area contributed by atoms with Crippen molar-refractivity contribution in [1.82, 2.24) is 15.0 Å². The van der Waals surface area contributed by atoms with E-state index in [2.05, 4.69) is 4.98 Å². The van der Waals surface area contributed by atoms with Gasteiger partial charge < -0.3 is 28.8 Å². The monoisotopic (exact) mass is 520 g/mol. The molecule has 9 nitrogen and oxygen atoms in total. The maximum Gasteiger partial charge on any atom is 0.231 e. The third-order valence-electron chi connectivity index (χ3n) is 7.28. The standard InChI is InChI=1S/C30H24N4O5/c1-36-23-9-7-17(11-25(23)37-2)19-13-31-30(32-14-19)34-15-21-27(33-22-6-4-3-5-20(22)29(21)35)28(34)18-8-10-24-26(12-18)39-16-38-24/h3-14,28H,15-16H2,1-2H3,(H,33,35)/t28-/m0/s1.